The Kier molecular flexibility index (Phi) is 7.70. The number of carbonyl (C=O) groups is 2. The first-order valence-electron chi connectivity index (χ1n) is 8.22. The average Bonchev–Trinajstić information content (AvgIpc) is 2.95. The molecule has 0 aromatic heterocycles. The lowest BCUT2D eigenvalue weighted by Gasteiger charge is -2.22. The quantitative estimate of drug-likeness (QED) is 0.816. The normalized spacial score (nSPS) is 19.7. The van der Waals surface area contributed by atoms with Crippen LogP contribution >= 0.6 is 12.4 Å². The standard InChI is InChI=1S/C18H27N3O2.ClH/c1-14-3-5-15(6-4-14)7-8-16(22)20-11-17(23)21-10-9-18(2,12-19)13-21;/h3-6H,7-13,19H2,1-2H3,(H,20,22);1H. The zero-order valence-electron chi connectivity index (χ0n) is 14.5. The number of hydrogen-bond acceptors (Lipinski definition) is 3. The lowest BCUT2D eigenvalue weighted by Crippen LogP contribution is -2.40. The second-order valence-electron chi connectivity index (χ2n) is 6.84. The molecule has 1 saturated heterocycles. The third kappa shape index (κ3) is 5.80. The maximum Gasteiger partial charge on any atom is 0.241 e. The van der Waals surface area contributed by atoms with Crippen molar-refractivity contribution in [1.29, 1.82) is 0 Å². The number of hydrogen-bond donors (Lipinski definition) is 2. The van der Waals surface area contributed by atoms with Crippen molar-refractivity contribution >= 4 is 24.2 Å². The number of likely N-dealkylation sites (tertiary alicyclic amines) is 1. The number of nitrogens with zero attached hydrogens (tertiary/aromatic N) is 1. The van der Waals surface area contributed by atoms with Gasteiger partial charge in [0.05, 0.1) is 6.54 Å². The van der Waals surface area contributed by atoms with Crippen molar-refractivity contribution < 1.29 is 9.59 Å². The summed E-state index contributed by atoms with van der Waals surface area (Å²) >= 11 is 0. The molecule has 1 heterocycles. The summed E-state index contributed by atoms with van der Waals surface area (Å²) in [6.45, 7) is 6.21. The van der Waals surface area contributed by atoms with Crippen LogP contribution in [0.25, 0.3) is 0 Å². The summed E-state index contributed by atoms with van der Waals surface area (Å²) in [5, 5.41) is 2.72. The summed E-state index contributed by atoms with van der Waals surface area (Å²) in [5.41, 5.74) is 8.11. The smallest absolute Gasteiger partial charge is 0.241 e. The lowest BCUT2D eigenvalue weighted by molar-refractivity contribution is -0.132. The molecule has 2 amide bonds. The van der Waals surface area contributed by atoms with Crippen LogP contribution in [0, 0.1) is 12.3 Å². The number of nitrogens with two attached hydrogens (primary N) is 1. The fraction of sp³-hybridized carbons (Fsp3) is 0.556. The van der Waals surface area contributed by atoms with Gasteiger partial charge in [0.1, 0.15) is 0 Å². The van der Waals surface area contributed by atoms with Crippen LogP contribution in [0.3, 0.4) is 0 Å². The molecule has 24 heavy (non-hydrogen) atoms. The zero-order valence-corrected chi connectivity index (χ0v) is 15.3. The average molecular weight is 354 g/mol. The Morgan fingerprint density at radius 3 is 2.54 bits per heavy atom. The van der Waals surface area contributed by atoms with E-state index in [1.165, 1.54) is 5.56 Å². The van der Waals surface area contributed by atoms with Gasteiger partial charge in [0, 0.05) is 19.5 Å². The van der Waals surface area contributed by atoms with Crippen molar-refractivity contribution in [1.82, 2.24) is 10.2 Å². The predicted molar refractivity (Wildman–Crippen MR) is 98.1 cm³/mol. The number of benzene rings is 1. The minimum Gasteiger partial charge on any atom is -0.347 e. The van der Waals surface area contributed by atoms with Crippen molar-refractivity contribution in [3.63, 3.8) is 0 Å². The molecule has 6 heteroatoms. The van der Waals surface area contributed by atoms with Crippen LogP contribution in [0.15, 0.2) is 24.3 Å². The third-order valence-electron chi connectivity index (χ3n) is 4.60. The maximum atomic E-state index is 12.1. The van der Waals surface area contributed by atoms with Gasteiger partial charge in [0.25, 0.3) is 0 Å². The second-order valence-corrected chi connectivity index (χ2v) is 6.84. The molecule has 1 aliphatic heterocycles. The molecular formula is C18H28ClN3O2. The lowest BCUT2D eigenvalue weighted by atomic mass is 9.90. The monoisotopic (exact) mass is 353 g/mol. The highest BCUT2D eigenvalue weighted by atomic mass is 35.5. The van der Waals surface area contributed by atoms with Crippen molar-refractivity contribution in [3.8, 4) is 0 Å². The Balaban J connectivity index is 0.00000288. The molecular weight excluding hydrogens is 326 g/mol. The minimum atomic E-state index is -0.0836. The van der Waals surface area contributed by atoms with Crippen LogP contribution in [-0.2, 0) is 16.0 Å². The van der Waals surface area contributed by atoms with Gasteiger partial charge >= 0.3 is 0 Å². The van der Waals surface area contributed by atoms with E-state index in [1.807, 2.05) is 31.2 Å². The van der Waals surface area contributed by atoms with Crippen LogP contribution in [0.2, 0.25) is 0 Å². The van der Waals surface area contributed by atoms with Gasteiger partial charge in [-0.3, -0.25) is 9.59 Å². The Morgan fingerprint density at radius 2 is 1.96 bits per heavy atom. The highest BCUT2D eigenvalue weighted by molar-refractivity contribution is 5.85. The van der Waals surface area contributed by atoms with Crippen LogP contribution in [0.4, 0.5) is 0 Å². The molecule has 1 aromatic rings. The largest absolute Gasteiger partial charge is 0.347 e. The summed E-state index contributed by atoms with van der Waals surface area (Å²) < 4.78 is 0. The number of nitrogens with one attached hydrogen (secondary N) is 1. The van der Waals surface area contributed by atoms with Gasteiger partial charge in [-0.05, 0) is 37.3 Å². The topological polar surface area (TPSA) is 75.4 Å². The summed E-state index contributed by atoms with van der Waals surface area (Å²) in [6, 6.07) is 8.15. The van der Waals surface area contributed by atoms with E-state index in [2.05, 4.69) is 12.2 Å². The molecule has 0 aliphatic carbocycles. The minimum absolute atomic E-state index is 0. The Hall–Kier alpha value is -1.59. The first kappa shape index (κ1) is 20.5. The van der Waals surface area contributed by atoms with Crippen molar-refractivity contribution in [2.24, 2.45) is 11.1 Å². The molecule has 1 aromatic carbocycles. The van der Waals surface area contributed by atoms with Gasteiger partial charge in [-0.2, -0.15) is 0 Å². The zero-order chi connectivity index (χ0) is 16.9. The Labute approximate surface area is 150 Å². The van der Waals surface area contributed by atoms with Crippen LogP contribution in [0.1, 0.15) is 30.9 Å². The summed E-state index contributed by atoms with van der Waals surface area (Å²) in [7, 11) is 0. The molecule has 1 atom stereocenters. The van der Waals surface area contributed by atoms with E-state index < -0.39 is 0 Å². The van der Waals surface area contributed by atoms with Gasteiger partial charge in [0.2, 0.25) is 11.8 Å². The SMILES string of the molecule is Cc1ccc(CCC(=O)NCC(=O)N2CCC(C)(CN)C2)cc1.Cl. The summed E-state index contributed by atoms with van der Waals surface area (Å²) in [4.78, 5) is 25.8. The van der Waals surface area contributed by atoms with Crippen LogP contribution < -0.4 is 11.1 Å². The number of halogens is 1. The van der Waals surface area contributed by atoms with Gasteiger partial charge in [0.15, 0.2) is 0 Å². The molecule has 1 unspecified atom stereocenters. The predicted octanol–water partition coefficient (Wildman–Crippen LogP) is 1.66. The first-order chi connectivity index (χ1) is 10.9. The molecule has 5 nitrogen and oxygen atoms in total. The van der Waals surface area contributed by atoms with Gasteiger partial charge in [-0.15, -0.1) is 12.4 Å². The molecule has 134 valence electrons. The Bertz CT molecular complexity index is 562. The fourth-order valence-electron chi connectivity index (χ4n) is 2.79. The molecule has 1 fully saturated rings. The van der Waals surface area contributed by atoms with E-state index in [-0.39, 0.29) is 36.2 Å². The number of carbonyl (C=O) groups excluding carboxylic acids is 2. The first-order valence-corrected chi connectivity index (χ1v) is 8.22. The molecule has 0 radical (unpaired) electrons. The highest BCUT2D eigenvalue weighted by Gasteiger charge is 2.34. The van der Waals surface area contributed by atoms with Crippen LogP contribution in [-0.4, -0.2) is 42.9 Å². The van der Waals surface area contributed by atoms with Crippen molar-refractivity contribution in [2.45, 2.75) is 33.1 Å². The molecule has 0 saturated carbocycles. The molecule has 0 spiro atoms. The van der Waals surface area contributed by atoms with Gasteiger partial charge < -0.3 is 16.0 Å². The van der Waals surface area contributed by atoms with E-state index in [9.17, 15) is 9.59 Å². The van der Waals surface area contributed by atoms with E-state index in [4.69, 9.17) is 5.73 Å². The summed E-state index contributed by atoms with van der Waals surface area (Å²) in [6.07, 6.45) is 2.02. The van der Waals surface area contributed by atoms with Gasteiger partial charge in [-0.25, -0.2) is 0 Å². The van der Waals surface area contributed by atoms with E-state index in [1.54, 1.807) is 4.90 Å². The van der Waals surface area contributed by atoms with Crippen molar-refractivity contribution in [2.75, 3.05) is 26.2 Å². The third-order valence-corrected chi connectivity index (χ3v) is 4.60. The van der Waals surface area contributed by atoms with E-state index in [0.717, 1.165) is 18.5 Å². The maximum absolute atomic E-state index is 12.1. The van der Waals surface area contributed by atoms with Crippen LogP contribution in [0.5, 0.6) is 0 Å². The van der Waals surface area contributed by atoms with Crippen molar-refractivity contribution in [3.05, 3.63) is 35.4 Å². The second kappa shape index (κ2) is 9.04. The highest BCUT2D eigenvalue weighted by Crippen LogP contribution is 2.28. The number of rotatable bonds is 6. The molecule has 3 N–H and O–H groups in total. The van der Waals surface area contributed by atoms with Gasteiger partial charge in [-0.1, -0.05) is 36.8 Å². The van der Waals surface area contributed by atoms with E-state index in [0.29, 0.717) is 25.9 Å². The number of amides is 2. The fourth-order valence-corrected chi connectivity index (χ4v) is 2.79. The molecule has 1 aliphatic rings. The molecule has 0 bridgehead atoms. The van der Waals surface area contributed by atoms with E-state index >= 15 is 0 Å². The Morgan fingerprint density at radius 1 is 1.29 bits per heavy atom. The molecule has 2 rings (SSSR count). The summed E-state index contributed by atoms with van der Waals surface area (Å²) in [5.74, 6) is -0.106. The number of aryl methyl sites for hydroxylation is 2.